The number of fused-ring (bicyclic) bond motifs is 1. The molecule has 2 unspecified atom stereocenters. The molecule has 1 heterocycles. The van der Waals surface area contributed by atoms with Crippen molar-refractivity contribution < 1.29 is 27.8 Å². The molecule has 0 bridgehead atoms. The first-order valence-electron chi connectivity index (χ1n) is 5.89. The van der Waals surface area contributed by atoms with Gasteiger partial charge in [0.2, 0.25) is 5.60 Å². The van der Waals surface area contributed by atoms with Crippen molar-refractivity contribution in [1.29, 1.82) is 0 Å². The highest BCUT2D eigenvalue weighted by atomic mass is 19.4. The van der Waals surface area contributed by atoms with Gasteiger partial charge in [-0.3, -0.25) is 0 Å². The second kappa shape index (κ2) is 5.08. The van der Waals surface area contributed by atoms with Gasteiger partial charge >= 0.3 is 6.18 Å². The van der Waals surface area contributed by atoms with E-state index in [1.807, 2.05) is 0 Å². The number of nitrogens with one attached hydrogen (secondary N) is 1. The van der Waals surface area contributed by atoms with Crippen LogP contribution in [-0.4, -0.2) is 36.1 Å². The van der Waals surface area contributed by atoms with Crippen molar-refractivity contribution in [3.63, 3.8) is 0 Å². The number of aliphatic hydroxyl groups excluding tert-OH is 1. The van der Waals surface area contributed by atoms with E-state index in [1.165, 1.54) is 31.5 Å². The third-order valence-electron chi connectivity index (χ3n) is 3.36. The highest BCUT2D eigenvalue weighted by Gasteiger charge is 2.59. The summed E-state index contributed by atoms with van der Waals surface area (Å²) in [6, 6.07) is 3.62. The number of likely N-dealkylation sites (N-methyl/N-ethyl adjacent to an activating group) is 1. The Morgan fingerprint density at radius 3 is 2.55 bits per heavy atom. The maximum atomic E-state index is 13.3. The summed E-state index contributed by atoms with van der Waals surface area (Å²) in [6.07, 6.45) is -3.59. The number of benzene rings is 1. The first-order valence-corrected chi connectivity index (χ1v) is 5.89. The predicted octanol–water partition coefficient (Wildman–Crippen LogP) is 1.76. The standard InChI is InChI=1S/C13H14F3NO3/c1-17-11(7-18)12(19,13(14,15)16)9-2-3-10-8(6-9)4-5-20-10/h2-6,11,17-19H,7H2,1H3. The molecule has 0 aliphatic carbocycles. The molecule has 0 radical (unpaired) electrons. The average Bonchev–Trinajstić information content (AvgIpc) is 2.85. The van der Waals surface area contributed by atoms with E-state index in [1.54, 1.807) is 0 Å². The second-order valence-corrected chi connectivity index (χ2v) is 4.46. The number of furan rings is 1. The Bertz CT molecular complexity index is 592. The summed E-state index contributed by atoms with van der Waals surface area (Å²) in [4.78, 5) is 0. The van der Waals surface area contributed by atoms with Gasteiger partial charge in [-0.25, -0.2) is 0 Å². The lowest BCUT2D eigenvalue weighted by Gasteiger charge is -2.37. The van der Waals surface area contributed by atoms with Gasteiger partial charge in [0.15, 0.2) is 0 Å². The molecule has 2 atom stereocenters. The molecule has 0 spiro atoms. The van der Waals surface area contributed by atoms with Crippen LogP contribution in [0.1, 0.15) is 5.56 Å². The maximum absolute atomic E-state index is 13.3. The van der Waals surface area contributed by atoms with Crippen molar-refractivity contribution in [2.24, 2.45) is 0 Å². The van der Waals surface area contributed by atoms with E-state index >= 15 is 0 Å². The molecule has 4 nitrogen and oxygen atoms in total. The Morgan fingerprint density at radius 1 is 1.30 bits per heavy atom. The Balaban J connectivity index is 2.61. The topological polar surface area (TPSA) is 65.6 Å². The van der Waals surface area contributed by atoms with Crippen LogP contribution in [0, 0.1) is 0 Å². The Kier molecular flexibility index (Phi) is 3.77. The summed E-state index contributed by atoms with van der Waals surface area (Å²) in [5, 5.41) is 22.1. The minimum atomic E-state index is -4.94. The number of halogens is 3. The minimum absolute atomic E-state index is 0.354. The molecular formula is C13H14F3NO3. The molecule has 1 aromatic carbocycles. The van der Waals surface area contributed by atoms with Gasteiger partial charge in [0.05, 0.1) is 18.9 Å². The molecular weight excluding hydrogens is 275 g/mol. The summed E-state index contributed by atoms with van der Waals surface area (Å²) >= 11 is 0. The summed E-state index contributed by atoms with van der Waals surface area (Å²) < 4.78 is 45.0. The molecule has 2 rings (SSSR count). The zero-order valence-corrected chi connectivity index (χ0v) is 10.6. The molecule has 2 aromatic rings. The van der Waals surface area contributed by atoms with Crippen molar-refractivity contribution in [2.45, 2.75) is 17.8 Å². The monoisotopic (exact) mass is 289 g/mol. The maximum Gasteiger partial charge on any atom is 0.423 e. The average molecular weight is 289 g/mol. The summed E-state index contributed by atoms with van der Waals surface area (Å²) in [7, 11) is 1.24. The highest BCUT2D eigenvalue weighted by molar-refractivity contribution is 5.78. The summed E-state index contributed by atoms with van der Waals surface area (Å²) in [5.41, 5.74) is -3.13. The largest absolute Gasteiger partial charge is 0.464 e. The third kappa shape index (κ3) is 2.17. The van der Waals surface area contributed by atoms with Gasteiger partial charge in [-0.1, -0.05) is 6.07 Å². The Labute approximate surface area is 112 Å². The van der Waals surface area contributed by atoms with Crippen LogP contribution in [0.5, 0.6) is 0 Å². The highest BCUT2D eigenvalue weighted by Crippen LogP contribution is 2.42. The lowest BCUT2D eigenvalue weighted by molar-refractivity contribution is -0.279. The lowest BCUT2D eigenvalue weighted by atomic mass is 9.85. The van der Waals surface area contributed by atoms with Gasteiger partial charge in [-0.2, -0.15) is 13.2 Å². The normalized spacial score (nSPS) is 17.1. The quantitative estimate of drug-likeness (QED) is 0.802. The Morgan fingerprint density at radius 2 is 2.00 bits per heavy atom. The van der Waals surface area contributed by atoms with Crippen LogP contribution in [0.25, 0.3) is 11.0 Å². The van der Waals surface area contributed by atoms with Gasteiger partial charge in [0, 0.05) is 5.39 Å². The van der Waals surface area contributed by atoms with Crippen LogP contribution in [0.4, 0.5) is 13.2 Å². The first kappa shape index (κ1) is 14.8. The molecule has 1 aromatic heterocycles. The molecule has 110 valence electrons. The van der Waals surface area contributed by atoms with Crippen LogP contribution < -0.4 is 5.32 Å². The smallest absolute Gasteiger partial charge is 0.423 e. The van der Waals surface area contributed by atoms with Crippen LogP contribution in [0.3, 0.4) is 0 Å². The van der Waals surface area contributed by atoms with E-state index < -0.39 is 24.4 Å². The first-order chi connectivity index (χ1) is 9.34. The molecule has 0 saturated carbocycles. The number of alkyl halides is 3. The fourth-order valence-electron chi connectivity index (χ4n) is 2.20. The van der Waals surface area contributed by atoms with E-state index in [0.29, 0.717) is 11.0 Å². The van der Waals surface area contributed by atoms with Crippen LogP contribution >= 0.6 is 0 Å². The number of aliphatic hydroxyl groups is 2. The molecule has 0 aliphatic rings. The van der Waals surface area contributed by atoms with E-state index in [0.717, 1.165) is 6.07 Å². The summed E-state index contributed by atoms with van der Waals surface area (Å²) in [6.45, 7) is -0.865. The Hall–Kier alpha value is -1.57. The van der Waals surface area contributed by atoms with E-state index in [-0.39, 0.29) is 5.56 Å². The van der Waals surface area contributed by atoms with Gasteiger partial charge < -0.3 is 19.9 Å². The molecule has 0 amide bonds. The van der Waals surface area contributed by atoms with Gasteiger partial charge in [0.25, 0.3) is 0 Å². The molecule has 0 fully saturated rings. The van der Waals surface area contributed by atoms with Crippen LogP contribution in [-0.2, 0) is 5.60 Å². The molecule has 3 N–H and O–H groups in total. The molecule has 0 aliphatic heterocycles. The fraction of sp³-hybridized carbons (Fsp3) is 0.385. The number of rotatable bonds is 4. The van der Waals surface area contributed by atoms with Crippen molar-refractivity contribution in [3.8, 4) is 0 Å². The number of hydrogen-bond acceptors (Lipinski definition) is 4. The number of hydrogen-bond donors (Lipinski definition) is 3. The second-order valence-electron chi connectivity index (χ2n) is 4.46. The zero-order valence-electron chi connectivity index (χ0n) is 10.6. The van der Waals surface area contributed by atoms with Crippen molar-refractivity contribution in [2.75, 3.05) is 13.7 Å². The van der Waals surface area contributed by atoms with E-state index in [4.69, 9.17) is 9.52 Å². The van der Waals surface area contributed by atoms with E-state index in [2.05, 4.69) is 5.32 Å². The van der Waals surface area contributed by atoms with Crippen molar-refractivity contribution in [3.05, 3.63) is 36.1 Å². The third-order valence-corrected chi connectivity index (χ3v) is 3.36. The van der Waals surface area contributed by atoms with Crippen molar-refractivity contribution >= 4 is 11.0 Å². The van der Waals surface area contributed by atoms with Crippen LogP contribution in [0.15, 0.2) is 34.9 Å². The minimum Gasteiger partial charge on any atom is -0.464 e. The SMILES string of the molecule is CNC(CO)C(O)(c1ccc2occc2c1)C(F)(F)F. The molecule has 20 heavy (non-hydrogen) atoms. The molecule has 0 saturated heterocycles. The van der Waals surface area contributed by atoms with Gasteiger partial charge in [-0.15, -0.1) is 0 Å². The van der Waals surface area contributed by atoms with Crippen LogP contribution in [0.2, 0.25) is 0 Å². The summed E-state index contributed by atoms with van der Waals surface area (Å²) in [5.74, 6) is 0. The fourth-order valence-corrected chi connectivity index (χ4v) is 2.20. The van der Waals surface area contributed by atoms with Crippen molar-refractivity contribution in [1.82, 2.24) is 5.32 Å². The predicted molar refractivity (Wildman–Crippen MR) is 66.1 cm³/mol. The molecule has 7 heteroatoms. The van der Waals surface area contributed by atoms with Gasteiger partial charge in [-0.05, 0) is 30.8 Å². The zero-order chi connectivity index (χ0) is 15.0. The van der Waals surface area contributed by atoms with E-state index in [9.17, 15) is 18.3 Å². The lowest BCUT2D eigenvalue weighted by Crippen LogP contribution is -2.58. The van der Waals surface area contributed by atoms with Gasteiger partial charge in [0.1, 0.15) is 5.58 Å².